The predicted molar refractivity (Wildman–Crippen MR) is 60.9 cm³/mol. The minimum absolute atomic E-state index is 0.140. The number of hydrogen-bond acceptors (Lipinski definition) is 5. The van der Waals surface area contributed by atoms with Crippen molar-refractivity contribution < 1.29 is 13.2 Å². The summed E-state index contributed by atoms with van der Waals surface area (Å²) in [7, 11) is -3.73. The van der Waals surface area contributed by atoms with Gasteiger partial charge in [0, 0.05) is 12.7 Å². The molecule has 0 saturated carbocycles. The lowest BCUT2D eigenvalue weighted by molar-refractivity contribution is 0.0871. The van der Waals surface area contributed by atoms with Crippen LogP contribution < -0.4 is 0 Å². The first-order valence-corrected chi connectivity index (χ1v) is 6.79. The van der Waals surface area contributed by atoms with Crippen molar-refractivity contribution in [2.75, 3.05) is 12.3 Å². The molecular weight excluding hydrogens is 248 g/mol. The van der Waals surface area contributed by atoms with E-state index in [1.165, 1.54) is 12.3 Å². The summed E-state index contributed by atoms with van der Waals surface area (Å²) < 4.78 is 24.7. The van der Waals surface area contributed by atoms with E-state index >= 15 is 0 Å². The fourth-order valence-corrected chi connectivity index (χ4v) is 3.21. The van der Waals surface area contributed by atoms with Gasteiger partial charge in [0.1, 0.15) is 0 Å². The number of carbonyl (C=O) groups is 1. The largest absolute Gasteiger partial charge is 0.285 e. The van der Waals surface area contributed by atoms with Gasteiger partial charge in [-0.1, -0.05) is 0 Å². The third-order valence-corrected chi connectivity index (χ3v) is 4.34. The predicted octanol–water partition coefficient (Wildman–Crippen LogP) is 0.546. The van der Waals surface area contributed by atoms with Crippen molar-refractivity contribution in [2.24, 2.45) is 0 Å². The van der Waals surface area contributed by atoms with Gasteiger partial charge in [-0.2, -0.15) is 21.0 Å². The van der Waals surface area contributed by atoms with E-state index in [9.17, 15) is 13.2 Å². The zero-order valence-corrected chi connectivity index (χ0v) is 10.0. The molecule has 0 atom stereocenters. The summed E-state index contributed by atoms with van der Waals surface area (Å²) in [6.45, 7) is 0.154. The molecule has 1 aliphatic heterocycles. The molecule has 1 aliphatic rings. The first-order chi connectivity index (χ1) is 7.59. The van der Waals surface area contributed by atoms with Crippen LogP contribution in [-0.4, -0.2) is 35.9 Å². The van der Waals surface area contributed by atoms with Crippen LogP contribution in [0.1, 0.15) is 16.8 Å². The average Bonchev–Trinajstić information content (AvgIpc) is 2.46. The molecule has 1 aromatic rings. The van der Waals surface area contributed by atoms with Gasteiger partial charge < -0.3 is 0 Å². The number of sulfonamides is 1. The van der Waals surface area contributed by atoms with Crippen LogP contribution in [0.5, 0.6) is 0 Å². The summed E-state index contributed by atoms with van der Waals surface area (Å²) in [6.07, 6.45) is 1.90. The van der Waals surface area contributed by atoms with E-state index < -0.39 is 15.9 Å². The normalized spacial score (nSPS) is 17.6. The van der Waals surface area contributed by atoms with E-state index in [2.05, 4.69) is 17.6 Å². The minimum Gasteiger partial charge on any atom is -0.268 e. The van der Waals surface area contributed by atoms with Gasteiger partial charge in [0.05, 0.1) is 5.56 Å². The zero-order chi connectivity index (χ0) is 11.8. The van der Waals surface area contributed by atoms with E-state index in [1.807, 2.05) is 0 Å². The second-order valence-corrected chi connectivity index (χ2v) is 5.54. The lowest BCUT2D eigenvalue weighted by atomic mass is 10.2. The van der Waals surface area contributed by atoms with Crippen LogP contribution in [0.25, 0.3) is 0 Å². The lowest BCUT2D eigenvalue weighted by Crippen LogP contribution is -2.31. The molecule has 0 bridgehead atoms. The maximum absolute atomic E-state index is 11.9. The van der Waals surface area contributed by atoms with Crippen LogP contribution >= 0.6 is 12.6 Å². The van der Waals surface area contributed by atoms with Gasteiger partial charge in [0.15, 0.2) is 5.03 Å². The van der Waals surface area contributed by atoms with Crippen molar-refractivity contribution in [1.82, 2.24) is 9.29 Å². The Hall–Kier alpha value is -1.08. The maximum Gasteiger partial charge on any atom is 0.285 e. The van der Waals surface area contributed by atoms with Gasteiger partial charge in [-0.3, -0.25) is 4.79 Å². The molecule has 0 saturated heterocycles. The summed E-state index contributed by atoms with van der Waals surface area (Å²) in [6, 6.07) is 3.03. The highest BCUT2D eigenvalue weighted by Crippen LogP contribution is 2.27. The van der Waals surface area contributed by atoms with Crippen LogP contribution in [0.15, 0.2) is 23.4 Å². The third-order valence-electron chi connectivity index (χ3n) is 2.28. The molecule has 0 fully saturated rings. The summed E-state index contributed by atoms with van der Waals surface area (Å²) in [5.41, 5.74) is 0.154. The van der Waals surface area contributed by atoms with Crippen molar-refractivity contribution in [2.45, 2.75) is 11.4 Å². The summed E-state index contributed by atoms with van der Waals surface area (Å²) >= 11 is 3.99. The van der Waals surface area contributed by atoms with E-state index in [-0.39, 0.29) is 17.1 Å². The van der Waals surface area contributed by atoms with Crippen LogP contribution in [0.2, 0.25) is 0 Å². The molecule has 0 aliphatic carbocycles. The Morgan fingerprint density at radius 2 is 2.19 bits per heavy atom. The first kappa shape index (κ1) is 11.4. The molecule has 16 heavy (non-hydrogen) atoms. The number of nitrogens with zero attached hydrogens (tertiary/aromatic N) is 2. The Kier molecular flexibility index (Phi) is 2.90. The molecule has 0 aromatic carbocycles. The number of pyridine rings is 1. The monoisotopic (exact) mass is 258 g/mol. The second-order valence-electron chi connectivity index (χ2n) is 3.32. The van der Waals surface area contributed by atoms with Crippen LogP contribution in [0.3, 0.4) is 0 Å². The van der Waals surface area contributed by atoms with Crippen molar-refractivity contribution in [3.63, 3.8) is 0 Å². The van der Waals surface area contributed by atoms with E-state index in [1.54, 1.807) is 6.07 Å². The first-order valence-electron chi connectivity index (χ1n) is 4.72. The SMILES string of the molecule is O=C1c2cccnc2S(=O)(=O)N1CCCS. The molecule has 0 spiro atoms. The molecule has 2 rings (SSSR count). The van der Waals surface area contributed by atoms with Gasteiger partial charge in [-0.05, 0) is 24.3 Å². The Morgan fingerprint density at radius 3 is 2.81 bits per heavy atom. The quantitative estimate of drug-likeness (QED) is 0.804. The van der Waals surface area contributed by atoms with Crippen molar-refractivity contribution >= 4 is 28.6 Å². The molecule has 86 valence electrons. The van der Waals surface area contributed by atoms with E-state index in [0.717, 1.165) is 4.31 Å². The molecular formula is C9H10N2O3S2. The van der Waals surface area contributed by atoms with Crippen LogP contribution in [0, 0.1) is 0 Å². The van der Waals surface area contributed by atoms with Crippen LogP contribution in [-0.2, 0) is 10.0 Å². The van der Waals surface area contributed by atoms with Crippen LogP contribution in [0.4, 0.5) is 0 Å². The maximum atomic E-state index is 11.9. The van der Waals surface area contributed by atoms with Gasteiger partial charge in [-0.15, -0.1) is 0 Å². The highest BCUT2D eigenvalue weighted by atomic mass is 32.2. The Balaban J connectivity index is 2.46. The average molecular weight is 258 g/mol. The number of aromatic nitrogens is 1. The molecule has 1 amide bonds. The van der Waals surface area contributed by atoms with Crippen molar-refractivity contribution in [1.29, 1.82) is 0 Å². The van der Waals surface area contributed by atoms with E-state index in [4.69, 9.17) is 0 Å². The number of hydrogen-bond donors (Lipinski definition) is 1. The molecule has 0 unspecified atom stereocenters. The van der Waals surface area contributed by atoms with E-state index in [0.29, 0.717) is 12.2 Å². The second kappa shape index (κ2) is 4.06. The topological polar surface area (TPSA) is 67.3 Å². The van der Waals surface area contributed by atoms with Crippen molar-refractivity contribution in [3.8, 4) is 0 Å². The van der Waals surface area contributed by atoms with Gasteiger partial charge in [-0.25, -0.2) is 9.29 Å². The Labute approximate surface area is 98.9 Å². The molecule has 7 heteroatoms. The Morgan fingerprint density at radius 1 is 1.44 bits per heavy atom. The minimum atomic E-state index is -3.73. The fourth-order valence-electron chi connectivity index (χ4n) is 1.54. The summed E-state index contributed by atoms with van der Waals surface area (Å²) in [5.74, 6) is 0.0353. The highest BCUT2D eigenvalue weighted by molar-refractivity contribution is 7.90. The highest BCUT2D eigenvalue weighted by Gasteiger charge is 2.41. The lowest BCUT2D eigenvalue weighted by Gasteiger charge is -2.13. The van der Waals surface area contributed by atoms with Gasteiger partial charge in [0.25, 0.3) is 15.9 Å². The number of fused-ring (bicyclic) bond motifs is 1. The zero-order valence-electron chi connectivity index (χ0n) is 8.33. The fraction of sp³-hybridized carbons (Fsp3) is 0.333. The molecule has 1 aromatic heterocycles. The summed E-state index contributed by atoms with van der Waals surface area (Å²) in [4.78, 5) is 15.6. The molecule has 0 N–H and O–H groups in total. The number of amides is 1. The van der Waals surface area contributed by atoms with Gasteiger partial charge >= 0.3 is 0 Å². The number of rotatable bonds is 3. The smallest absolute Gasteiger partial charge is 0.268 e. The number of thiol groups is 1. The third kappa shape index (κ3) is 1.60. The summed E-state index contributed by atoms with van der Waals surface area (Å²) in [5, 5.41) is -0.140. The molecule has 5 nitrogen and oxygen atoms in total. The van der Waals surface area contributed by atoms with Crippen molar-refractivity contribution in [3.05, 3.63) is 23.9 Å². The standard InChI is InChI=1S/C9H10N2O3S2/c12-9-7-3-1-4-10-8(7)16(13,14)11(9)5-2-6-15/h1,3-4,15H,2,5-6H2. The van der Waals surface area contributed by atoms with Gasteiger partial charge in [0.2, 0.25) is 0 Å². The molecule has 0 radical (unpaired) electrons. The Bertz CT molecular complexity index is 527. The molecule has 2 heterocycles. The number of carbonyl (C=O) groups excluding carboxylic acids is 1.